The molecule has 6 nitrogen and oxygen atoms in total. The predicted molar refractivity (Wildman–Crippen MR) is 106 cm³/mol. The number of rotatable bonds is 5. The minimum absolute atomic E-state index is 0.186. The quantitative estimate of drug-likeness (QED) is 0.703. The molecule has 0 saturated heterocycles. The van der Waals surface area contributed by atoms with Gasteiger partial charge in [-0.1, -0.05) is 30.3 Å². The van der Waals surface area contributed by atoms with Gasteiger partial charge in [0.15, 0.2) is 0 Å². The van der Waals surface area contributed by atoms with E-state index in [9.17, 15) is 13.2 Å². The fourth-order valence-corrected chi connectivity index (χ4v) is 3.73. The number of anilines is 2. The molecule has 0 atom stereocenters. The van der Waals surface area contributed by atoms with Crippen LogP contribution in [0.5, 0.6) is 0 Å². The van der Waals surface area contributed by atoms with E-state index in [1.165, 1.54) is 6.92 Å². The number of hydrogen-bond donors (Lipinski definition) is 2. The number of nitrogens with one attached hydrogen (secondary N) is 2. The van der Waals surface area contributed by atoms with Gasteiger partial charge in [0.1, 0.15) is 0 Å². The molecule has 0 radical (unpaired) electrons. The standard InChI is InChI=1S/C20H19N3O3S/c1-14-8-9-16(17-10-18(13-21-12-17)22-15(2)24)11-20(14)23-27(25,26)19-6-4-3-5-7-19/h3-13,23H,1-2H3,(H,22,24). The molecule has 0 spiro atoms. The molecular formula is C20H19N3O3S. The van der Waals surface area contributed by atoms with Crippen LogP contribution < -0.4 is 10.0 Å². The Bertz CT molecular complexity index is 1080. The van der Waals surface area contributed by atoms with E-state index in [-0.39, 0.29) is 10.8 Å². The van der Waals surface area contributed by atoms with Crippen LogP contribution in [-0.4, -0.2) is 19.3 Å². The summed E-state index contributed by atoms with van der Waals surface area (Å²) in [4.78, 5) is 15.6. The third-order valence-electron chi connectivity index (χ3n) is 3.93. The van der Waals surface area contributed by atoms with Gasteiger partial charge in [-0.15, -0.1) is 0 Å². The number of aryl methyl sites for hydroxylation is 1. The number of pyridine rings is 1. The molecule has 1 heterocycles. The lowest BCUT2D eigenvalue weighted by atomic mass is 10.0. The lowest BCUT2D eigenvalue weighted by Crippen LogP contribution is -2.13. The molecule has 2 N–H and O–H groups in total. The van der Waals surface area contributed by atoms with Crippen LogP contribution >= 0.6 is 0 Å². The minimum atomic E-state index is -3.68. The highest BCUT2D eigenvalue weighted by atomic mass is 32.2. The van der Waals surface area contributed by atoms with Crippen molar-refractivity contribution in [2.75, 3.05) is 10.0 Å². The lowest BCUT2D eigenvalue weighted by Gasteiger charge is -2.13. The van der Waals surface area contributed by atoms with Gasteiger partial charge in [0.05, 0.1) is 22.5 Å². The first kappa shape index (κ1) is 18.6. The molecule has 0 saturated carbocycles. The summed E-state index contributed by atoms with van der Waals surface area (Å²) in [5.41, 5.74) is 3.41. The van der Waals surface area contributed by atoms with E-state index in [0.717, 1.165) is 16.7 Å². The van der Waals surface area contributed by atoms with Crippen molar-refractivity contribution in [3.63, 3.8) is 0 Å². The zero-order chi connectivity index (χ0) is 19.4. The molecular weight excluding hydrogens is 362 g/mol. The maximum atomic E-state index is 12.6. The molecule has 0 fully saturated rings. The molecule has 1 aromatic heterocycles. The van der Waals surface area contributed by atoms with E-state index in [0.29, 0.717) is 11.4 Å². The van der Waals surface area contributed by atoms with Crippen molar-refractivity contribution in [1.29, 1.82) is 0 Å². The SMILES string of the molecule is CC(=O)Nc1cncc(-c2ccc(C)c(NS(=O)(=O)c3ccccc3)c2)c1. The number of carbonyl (C=O) groups is 1. The number of benzene rings is 2. The van der Waals surface area contributed by atoms with Crippen LogP contribution in [0.1, 0.15) is 12.5 Å². The number of amides is 1. The van der Waals surface area contributed by atoms with Crippen LogP contribution in [0, 0.1) is 6.92 Å². The van der Waals surface area contributed by atoms with Gasteiger partial charge in [-0.25, -0.2) is 8.42 Å². The van der Waals surface area contributed by atoms with Gasteiger partial charge in [0.2, 0.25) is 5.91 Å². The number of hydrogen-bond acceptors (Lipinski definition) is 4. The summed E-state index contributed by atoms with van der Waals surface area (Å²) >= 11 is 0. The van der Waals surface area contributed by atoms with E-state index in [2.05, 4.69) is 15.0 Å². The van der Waals surface area contributed by atoms with Crippen molar-refractivity contribution in [2.24, 2.45) is 0 Å². The smallest absolute Gasteiger partial charge is 0.261 e. The predicted octanol–water partition coefficient (Wildman–Crippen LogP) is 3.82. The maximum Gasteiger partial charge on any atom is 0.261 e. The Labute approximate surface area is 158 Å². The van der Waals surface area contributed by atoms with Gasteiger partial charge in [0, 0.05) is 18.7 Å². The second kappa shape index (κ2) is 7.59. The Kier molecular flexibility index (Phi) is 5.23. The Morgan fingerprint density at radius 2 is 1.70 bits per heavy atom. The topological polar surface area (TPSA) is 88.2 Å². The normalized spacial score (nSPS) is 11.0. The van der Waals surface area contributed by atoms with Crippen molar-refractivity contribution in [3.05, 3.63) is 72.6 Å². The number of carbonyl (C=O) groups excluding carboxylic acids is 1. The average molecular weight is 381 g/mol. The molecule has 138 valence electrons. The summed E-state index contributed by atoms with van der Waals surface area (Å²) in [6.07, 6.45) is 3.21. The second-order valence-electron chi connectivity index (χ2n) is 6.09. The highest BCUT2D eigenvalue weighted by Gasteiger charge is 2.15. The van der Waals surface area contributed by atoms with Gasteiger partial charge >= 0.3 is 0 Å². The maximum absolute atomic E-state index is 12.6. The highest BCUT2D eigenvalue weighted by molar-refractivity contribution is 7.92. The molecule has 7 heteroatoms. The van der Waals surface area contributed by atoms with Crippen LogP contribution in [0.15, 0.2) is 71.9 Å². The largest absolute Gasteiger partial charge is 0.325 e. The van der Waals surface area contributed by atoms with Crippen LogP contribution in [0.25, 0.3) is 11.1 Å². The molecule has 3 rings (SSSR count). The molecule has 2 aromatic carbocycles. The molecule has 0 aliphatic rings. The van der Waals surface area contributed by atoms with Crippen molar-refractivity contribution >= 4 is 27.3 Å². The zero-order valence-electron chi connectivity index (χ0n) is 14.9. The number of sulfonamides is 1. The first-order valence-electron chi connectivity index (χ1n) is 8.27. The van der Waals surface area contributed by atoms with Crippen LogP contribution in [0.2, 0.25) is 0 Å². The van der Waals surface area contributed by atoms with E-state index in [1.807, 2.05) is 19.1 Å². The third-order valence-corrected chi connectivity index (χ3v) is 5.31. The summed E-state index contributed by atoms with van der Waals surface area (Å²) in [5.74, 6) is -0.186. The van der Waals surface area contributed by atoms with Crippen LogP contribution in [0.3, 0.4) is 0 Å². The molecule has 0 aliphatic heterocycles. The van der Waals surface area contributed by atoms with Crippen molar-refractivity contribution in [2.45, 2.75) is 18.7 Å². The van der Waals surface area contributed by atoms with Crippen LogP contribution in [0.4, 0.5) is 11.4 Å². The van der Waals surface area contributed by atoms with Crippen molar-refractivity contribution in [3.8, 4) is 11.1 Å². The molecule has 3 aromatic rings. The average Bonchev–Trinajstić information content (AvgIpc) is 2.64. The molecule has 0 aliphatic carbocycles. The van der Waals surface area contributed by atoms with Gasteiger partial charge in [-0.05, 0) is 42.3 Å². The Hall–Kier alpha value is -3.19. The first-order chi connectivity index (χ1) is 12.8. The van der Waals surface area contributed by atoms with Gasteiger partial charge < -0.3 is 5.32 Å². The second-order valence-corrected chi connectivity index (χ2v) is 7.77. The number of nitrogens with zero attached hydrogens (tertiary/aromatic N) is 1. The monoisotopic (exact) mass is 381 g/mol. The Morgan fingerprint density at radius 3 is 2.41 bits per heavy atom. The highest BCUT2D eigenvalue weighted by Crippen LogP contribution is 2.28. The lowest BCUT2D eigenvalue weighted by molar-refractivity contribution is -0.114. The molecule has 0 bridgehead atoms. The van der Waals surface area contributed by atoms with Gasteiger partial charge in [0.25, 0.3) is 10.0 Å². The van der Waals surface area contributed by atoms with Gasteiger partial charge in [-0.3, -0.25) is 14.5 Å². The van der Waals surface area contributed by atoms with E-state index < -0.39 is 10.0 Å². The van der Waals surface area contributed by atoms with E-state index in [1.54, 1.807) is 54.9 Å². The van der Waals surface area contributed by atoms with E-state index in [4.69, 9.17) is 0 Å². The van der Waals surface area contributed by atoms with E-state index >= 15 is 0 Å². The Morgan fingerprint density at radius 1 is 0.963 bits per heavy atom. The third kappa shape index (κ3) is 4.51. The fraction of sp³-hybridized carbons (Fsp3) is 0.100. The summed E-state index contributed by atoms with van der Waals surface area (Å²) in [6.45, 7) is 3.26. The van der Waals surface area contributed by atoms with Crippen molar-refractivity contribution in [1.82, 2.24) is 4.98 Å². The summed E-state index contributed by atoms with van der Waals surface area (Å²) in [5, 5.41) is 2.69. The fourth-order valence-electron chi connectivity index (χ4n) is 2.58. The molecule has 27 heavy (non-hydrogen) atoms. The van der Waals surface area contributed by atoms with Crippen LogP contribution in [-0.2, 0) is 14.8 Å². The van der Waals surface area contributed by atoms with Gasteiger partial charge in [-0.2, -0.15) is 0 Å². The summed E-state index contributed by atoms with van der Waals surface area (Å²) < 4.78 is 27.9. The first-order valence-corrected chi connectivity index (χ1v) is 9.75. The summed E-state index contributed by atoms with van der Waals surface area (Å²) in [7, 11) is -3.68. The summed E-state index contributed by atoms with van der Waals surface area (Å²) in [6, 6.07) is 15.5. The molecule has 0 unspecified atom stereocenters. The number of aromatic nitrogens is 1. The Balaban J connectivity index is 1.95. The minimum Gasteiger partial charge on any atom is -0.325 e. The van der Waals surface area contributed by atoms with Crippen molar-refractivity contribution < 1.29 is 13.2 Å². The molecule has 1 amide bonds. The zero-order valence-corrected chi connectivity index (χ0v) is 15.7.